The van der Waals surface area contributed by atoms with Crippen LogP contribution in [0.2, 0.25) is 0 Å². The van der Waals surface area contributed by atoms with Crippen LogP contribution in [-0.4, -0.2) is 56.8 Å². The molecule has 0 saturated carbocycles. The molecular formula is C24H25N5O3S3. The van der Waals surface area contributed by atoms with Crippen LogP contribution in [0.1, 0.15) is 58.5 Å². The van der Waals surface area contributed by atoms with Gasteiger partial charge in [0.2, 0.25) is 5.13 Å². The van der Waals surface area contributed by atoms with Crippen molar-refractivity contribution in [1.82, 2.24) is 20.1 Å². The van der Waals surface area contributed by atoms with E-state index in [0.717, 1.165) is 23.6 Å². The molecule has 1 aliphatic rings. The van der Waals surface area contributed by atoms with Crippen molar-refractivity contribution < 1.29 is 14.3 Å². The number of likely N-dealkylation sites (tertiary alicyclic amines) is 1. The first-order chi connectivity index (χ1) is 16.9. The van der Waals surface area contributed by atoms with Gasteiger partial charge < -0.3 is 9.64 Å². The highest BCUT2D eigenvalue weighted by Gasteiger charge is 2.27. The van der Waals surface area contributed by atoms with Crippen LogP contribution in [0.5, 0.6) is 5.75 Å². The molecule has 1 N–H and O–H groups in total. The molecule has 11 heteroatoms. The second-order valence-electron chi connectivity index (χ2n) is 8.15. The number of nitrogens with one attached hydrogen (secondary N) is 1. The van der Waals surface area contributed by atoms with E-state index in [1.807, 2.05) is 43.0 Å². The lowest BCUT2D eigenvalue weighted by atomic mass is 9.97. The molecule has 8 nitrogen and oxygen atoms in total. The van der Waals surface area contributed by atoms with E-state index in [0.29, 0.717) is 39.6 Å². The average molecular weight is 528 g/mol. The molecule has 1 saturated heterocycles. The maximum Gasteiger partial charge on any atom is 0.276 e. The summed E-state index contributed by atoms with van der Waals surface area (Å²) < 4.78 is 6.36. The number of hydrogen-bond donors (Lipinski definition) is 1. The maximum atomic E-state index is 12.9. The van der Waals surface area contributed by atoms with Crippen LogP contribution >= 0.6 is 34.4 Å². The third kappa shape index (κ3) is 6.60. The molecule has 0 bridgehead atoms. The van der Waals surface area contributed by atoms with Crippen molar-refractivity contribution >= 4 is 51.4 Å². The molecule has 1 aliphatic heterocycles. The fourth-order valence-electron chi connectivity index (χ4n) is 3.62. The summed E-state index contributed by atoms with van der Waals surface area (Å²) in [5.41, 5.74) is 1.02. The Hall–Kier alpha value is -2.94. The Morgan fingerprint density at radius 1 is 1.26 bits per heavy atom. The second kappa shape index (κ2) is 11.7. The van der Waals surface area contributed by atoms with Crippen molar-refractivity contribution in [2.24, 2.45) is 0 Å². The largest absolute Gasteiger partial charge is 0.491 e. The van der Waals surface area contributed by atoms with Crippen LogP contribution < -0.4 is 10.1 Å². The van der Waals surface area contributed by atoms with Gasteiger partial charge in [-0.1, -0.05) is 29.0 Å². The average Bonchev–Trinajstić information content (AvgIpc) is 3.52. The zero-order chi connectivity index (χ0) is 24.8. The molecule has 0 atom stereocenters. The third-order valence-electron chi connectivity index (χ3n) is 5.26. The molecule has 3 heterocycles. The Morgan fingerprint density at radius 2 is 2.00 bits per heavy atom. The van der Waals surface area contributed by atoms with Crippen LogP contribution in [0, 0.1) is 12.3 Å². The summed E-state index contributed by atoms with van der Waals surface area (Å²) in [6.07, 6.45) is 6.96. The number of carbonyl (C=O) groups excluding carboxylic acids is 2. The Morgan fingerprint density at radius 3 is 2.69 bits per heavy atom. The van der Waals surface area contributed by atoms with Gasteiger partial charge in [-0.3, -0.25) is 14.9 Å². The summed E-state index contributed by atoms with van der Waals surface area (Å²) in [4.78, 5) is 31.9. The predicted molar refractivity (Wildman–Crippen MR) is 140 cm³/mol. The molecule has 0 spiro atoms. The lowest BCUT2D eigenvalue weighted by Gasteiger charge is -2.31. The van der Waals surface area contributed by atoms with Crippen molar-refractivity contribution in [1.29, 1.82) is 0 Å². The van der Waals surface area contributed by atoms with E-state index in [-0.39, 0.29) is 23.8 Å². The lowest BCUT2D eigenvalue weighted by molar-refractivity contribution is 0.0713. The molecule has 1 fully saturated rings. The topological polar surface area (TPSA) is 97.3 Å². The Labute approximate surface area is 216 Å². The van der Waals surface area contributed by atoms with Gasteiger partial charge in [0.05, 0.1) is 16.9 Å². The molecule has 4 rings (SSSR count). The molecule has 0 unspecified atom stereocenters. The first-order valence-electron chi connectivity index (χ1n) is 11.2. The number of terminal acetylenes is 1. The fraction of sp³-hybridized carbons (Fsp3) is 0.375. The minimum Gasteiger partial charge on any atom is -0.491 e. The number of piperidine rings is 1. The third-order valence-corrected chi connectivity index (χ3v) is 8.15. The van der Waals surface area contributed by atoms with Gasteiger partial charge in [0.1, 0.15) is 11.4 Å². The fourth-order valence-corrected chi connectivity index (χ4v) is 6.02. The van der Waals surface area contributed by atoms with Crippen LogP contribution in [-0.2, 0) is 0 Å². The van der Waals surface area contributed by atoms with Gasteiger partial charge in [-0.05, 0) is 51.0 Å². The minimum absolute atomic E-state index is 0.0237. The number of thioether (sulfide) groups is 1. The molecule has 2 aromatic heterocycles. The van der Waals surface area contributed by atoms with Gasteiger partial charge in [0, 0.05) is 30.0 Å². The summed E-state index contributed by atoms with van der Waals surface area (Å²) in [5, 5.41) is 13.8. The van der Waals surface area contributed by atoms with Gasteiger partial charge in [-0.25, -0.2) is 4.98 Å². The van der Waals surface area contributed by atoms with E-state index in [1.54, 1.807) is 5.38 Å². The number of rotatable bonds is 8. The molecular weight excluding hydrogens is 502 g/mol. The molecule has 182 valence electrons. The molecule has 0 radical (unpaired) electrons. The smallest absolute Gasteiger partial charge is 0.276 e. The van der Waals surface area contributed by atoms with Crippen molar-refractivity contribution in [2.45, 2.75) is 43.1 Å². The molecule has 3 aromatic rings. The summed E-state index contributed by atoms with van der Waals surface area (Å²) in [6.45, 7) is 5.24. The number of ether oxygens (including phenoxy) is 1. The molecule has 1 aromatic carbocycles. The highest BCUT2D eigenvalue weighted by molar-refractivity contribution is 8.01. The lowest BCUT2D eigenvalue weighted by Crippen LogP contribution is -2.37. The number of anilines is 1. The van der Waals surface area contributed by atoms with Crippen molar-refractivity contribution in [3.05, 3.63) is 45.9 Å². The van der Waals surface area contributed by atoms with E-state index in [9.17, 15) is 9.59 Å². The summed E-state index contributed by atoms with van der Waals surface area (Å²) in [5.74, 6) is 3.73. The van der Waals surface area contributed by atoms with Gasteiger partial charge in [-0.15, -0.1) is 28.0 Å². The standard InChI is InChI=1S/C24H25N5O3S3/c1-4-13-33-24-28-27-23(35-24)26-20(30)19-14-34-21(25-19)16-9-11-29(12-10-16)22(31)17-5-7-18(8-6-17)32-15(2)3/h1,5-8,14-16H,9-13H2,2-3H3,(H,26,27,30). The van der Waals surface area contributed by atoms with E-state index in [2.05, 4.69) is 26.4 Å². The zero-order valence-corrected chi connectivity index (χ0v) is 21.8. The van der Waals surface area contributed by atoms with Gasteiger partial charge in [0.15, 0.2) is 4.34 Å². The first-order valence-corrected chi connectivity index (χ1v) is 13.8. The quantitative estimate of drug-likeness (QED) is 0.256. The normalized spacial score (nSPS) is 14.1. The predicted octanol–water partition coefficient (Wildman–Crippen LogP) is 4.78. The SMILES string of the molecule is C#CCSc1nnc(NC(=O)c2csc(C3CCN(C(=O)c4ccc(OC(C)C)cc4)CC3)n2)s1. The van der Waals surface area contributed by atoms with Crippen LogP contribution in [0.15, 0.2) is 34.0 Å². The number of amides is 2. The maximum absolute atomic E-state index is 12.9. The Balaban J connectivity index is 1.29. The van der Waals surface area contributed by atoms with Gasteiger partial charge in [-0.2, -0.15) is 0 Å². The Kier molecular flexibility index (Phi) is 8.38. The van der Waals surface area contributed by atoms with E-state index in [1.165, 1.54) is 34.4 Å². The highest BCUT2D eigenvalue weighted by Crippen LogP contribution is 2.31. The monoisotopic (exact) mass is 527 g/mol. The van der Waals surface area contributed by atoms with Gasteiger partial charge >= 0.3 is 0 Å². The van der Waals surface area contributed by atoms with Crippen molar-refractivity contribution in [3.8, 4) is 18.1 Å². The van der Waals surface area contributed by atoms with Crippen LogP contribution in [0.25, 0.3) is 0 Å². The zero-order valence-electron chi connectivity index (χ0n) is 19.4. The van der Waals surface area contributed by atoms with Crippen LogP contribution in [0.3, 0.4) is 0 Å². The number of benzene rings is 1. The number of thiazole rings is 1. The van der Waals surface area contributed by atoms with Crippen molar-refractivity contribution in [3.63, 3.8) is 0 Å². The number of hydrogen-bond acceptors (Lipinski definition) is 9. The Bertz CT molecular complexity index is 1210. The van der Waals surface area contributed by atoms with Crippen LogP contribution in [0.4, 0.5) is 5.13 Å². The molecule has 2 amide bonds. The first kappa shape index (κ1) is 25.2. The number of nitrogens with zero attached hydrogens (tertiary/aromatic N) is 4. The molecule has 0 aliphatic carbocycles. The summed E-state index contributed by atoms with van der Waals surface area (Å²) >= 11 is 4.16. The molecule has 35 heavy (non-hydrogen) atoms. The number of carbonyl (C=O) groups is 2. The summed E-state index contributed by atoms with van der Waals surface area (Å²) in [7, 11) is 0. The summed E-state index contributed by atoms with van der Waals surface area (Å²) in [6, 6.07) is 7.29. The van der Waals surface area contributed by atoms with Crippen molar-refractivity contribution in [2.75, 3.05) is 24.2 Å². The minimum atomic E-state index is -0.311. The van der Waals surface area contributed by atoms with E-state index < -0.39 is 0 Å². The second-order valence-corrected chi connectivity index (χ2v) is 11.2. The van der Waals surface area contributed by atoms with E-state index in [4.69, 9.17) is 11.2 Å². The number of aromatic nitrogens is 3. The van der Waals surface area contributed by atoms with Gasteiger partial charge in [0.25, 0.3) is 11.8 Å². The van der Waals surface area contributed by atoms with E-state index >= 15 is 0 Å². The highest BCUT2D eigenvalue weighted by atomic mass is 32.2.